The summed E-state index contributed by atoms with van der Waals surface area (Å²) < 4.78 is 5.22. The van der Waals surface area contributed by atoms with E-state index in [9.17, 15) is 14.4 Å². The third kappa shape index (κ3) is 8.10. The molecular formula is C23H30N4O4. The van der Waals surface area contributed by atoms with E-state index >= 15 is 0 Å². The molecule has 3 amide bonds. The summed E-state index contributed by atoms with van der Waals surface area (Å²) in [5.74, 6) is 0.307. The van der Waals surface area contributed by atoms with Crippen LogP contribution in [0, 0.1) is 0 Å². The number of amides is 3. The number of methoxy groups -OCH3 is 1. The second-order valence-electron chi connectivity index (χ2n) is 7.21. The van der Waals surface area contributed by atoms with E-state index in [4.69, 9.17) is 4.74 Å². The molecule has 0 aromatic heterocycles. The average Bonchev–Trinajstić information content (AvgIpc) is 2.74. The third-order valence-electron chi connectivity index (χ3n) is 4.64. The normalized spacial score (nSPS) is 10.5. The van der Waals surface area contributed by atoms with Crippen LogP contribution in [0.3, 0.4) is 0 Å². The second kappa shape index (κ2) is 11.7. The Morgan fingerprint density at radius 1 is 0.968 bits per heavy atom. The summed E-state index contributed by atoms with van der Waals surface area (Å²) in [6, 6.07) is 14.4. The van der Waals surface area contributed by atoms with E-state index in [1.165, 1.54) is 6.92 Å². The van der Waals surface area contributed by atoms with Crippen molar-refractivity contribution in [1.29, 1.82) is 0 Å². The largest absolute Gasteiger partial charge is 0.497 e. The Hall–Kier alpha value is -3.39. The lowest BCUT2D eigenvalue weighted by atomic mass is 10.2. The fraction of sp³-hybridized carbons (Fsp3) is 0.348. The molecule has 166 valence electrons. The molecule has 0 radical (unpaired) electrons. The molecule has 0 heterocycles. The van der Waals surface area contributed by atoms with Crippen LogP contribution in [0.1, 0.15) is 19.4 Å². The van der Waals surface area contributed by atoms with Gasteiger partial charge in [-0.2, -0.15) is 0 Å². The van der Waals surface area contributed by atoms with E-state index in [-0.39, 0.29) is 30.8 Å². The number of carbonyl (C=O) groups excluding carboxylic acids is 3. The Labute approximate surface area is 183 Å². The van der Waals surface area contributed by atoms with Gasteiger partial charge in [0.05, 0.1) is 20.2 Å². The fourth-order valence-electron chi connectivity index (χ4n) is 2.97. The van der Waals surface area contributed by atoms with Crippen LogP contribution >= 0.6 is 0 Å². The summed E-state index contributed by atoms with van der Waals surface area (Å²) in [7, 11) is 3.35. The SMILES string of the molecule is CCN(CC(=O)Nc1ccc(NC(C)=O)cc1)CC(=O)N(C)Cc1cccc(OC)c1. The smallest absolute Gasteiger partial charge is 0.238 e. The lowest BCUT2D eigenvalue weighted by molar-refractivity contribution is -0.132. The molecule has 0 unspecified atom stereocenters. The molecule has 0 aliphatic heterocycles. The van der Waals surface area contributed by atoms with Crippen molar-refractivity contribution in [2.75, 3.05) is 44.4 Å². The molecule has 0 saturated heterocycles. The fourth-order valence-corrected chi connectivity index (χ4v) is 2.97. The molecule has 0 fully saturated rings. The molecule has 2 N–H and O–H groups in total. The molecule has 0 spiro atoms. The first-order valence-electron chi connectivity index (χ1n) is 10.1. The van der Waals surface area contributed by atoms with Crippen molar-refractivity contribution in [3.05, 3.63) is 54.1 Å². The first-order valence-corrected chi connectivity index (χ1v) is 10.1. The standard InChI is InChI=1S/C23H30N4O4/c1-5-27(15-22(29)25-20-11-9-19(10-12-20)24-17(2)28)16-23(30)26(3)14-18-7-6-8-21(13-18)31-4/h6-13H,5,14-16H2,1-4H3,(H,24,28)(H,25,29). The highest BCUT2D eigenvalue weighted by molar-refractivity contribution is 5.93. The number of anilines is 2. The molecule has 2 aromatic rings. The maximum absolute atomic E-state index is 12.6. The minimum absolute atomic E-state index is 0.0721. The summed E-state index contributed by atoms with van der Waals surface area (Å²) in [5.41, 5.74) is 2.25. The molecule has 0 aliphatic carbocycles. The van der Waals surface area contributed by atoms with Crippen LogP contribution in [0.2, 0.25) is 0 Å². The lowest BCUT2D eigenvalue weighted by Gasteiger charge is -2.24. The van der Waals surface area contributed by atoms with Gasteiger partial charge in [0.1, 0.15) is 5.75 Å². The lowest BCUT2D eigenvalue weighted by Crippen LogP contribution is -2.41. The molecule has 2 rings (SSSR count). The van der Waals surface area contributed by atoms with Gasteiger partial charge >= 0.3 is 0 Å². The van der Waals surface area contributed by atoms with Crippen LogP contribution in [-0.4, -0.2) is 61.3 Å². The minimum Gasteiger partial charge on any atom is -0.497 e. The van der Waals surface area contributed by atoms with E-state index in [0.29, 0.717) is 24.5 Å². The molecular weight excluding hydrogens is 396 g/mol. The molecule has 2 aromatic carbocycles. The number of hydrogen-bond acceptors (Lipinski definition) is 5. The van der Waals surface area contributed by atoms with Crippen molar-refractivity contribution in [3.8, 4) is 5.75 Å². The van der Waals surface area contributed by atoms with Gasteiger partial charge in [-0.15, -0.1) is 0 Å². The summed E-state index contributed by atoms with van der Waals surface area (Å²) in [6.45, 7) is 4.61. The van der Waals surface area contributed by atoms with Gasteiger partial charge in [-0.05, 0) is 48.5 Å². The van der Waals surface area contributed by atoms with Gasteiger partial charge in [0.15, 0.2) is 0 Å². The van der Waals surface area contributed by atoms with Gasteiger partial charge in [0, 0.05) is 31.9 Å². The summed E-state index contributed by atoms with van der Waals surface area (Å²) in [4.78, 5) is 39.5. The molecule has 8 nitrogen and oxygen atoms in total. The van der Waals surface area contributed by atoms with Crippen molar-refractivity contribution in [2.45, 2.75) is 20.4 Å². The van der Waals surface area contributed by atoms with E-state index in [1.54, 1.807) is 48.2 Å². The van der Waals surface area contributed by atoms with Crippen LogP contribution in [0.15, 0.2) is 48.5 Å². The predicted octanol–water partition coefficient (Wildman–Crippen LogP) is 2.57. The Morgan fingerprint density at radius 3 is 2.19 bits per heavy atom. The van der Waals surface area contributed by atoms with Gasteiger partial charge in [0.25, 0.3) is 0 Å². The highest BCUT2D eigenvalue weighted by atomic mass is 16.5. The van der Waals surface area contributed by atoms with Crippen LogP contribution in [-0.2, 0) is 20.9 Å². The number of benzene rings is 2. The highest BCUT2D eigenvalue weighted by Gasteiger charge is 2.16. The zero-order valence-electron chi connectivity index (χ0n) is 18.5. The summed E-state index contributed by atoms with van der Waals surface area (Å²) >= 11 is 0. The van der Waals surface area contributed by atoms with Gasteiger partial charge in [-0.1, -0.05) is 19.1 Å². The average molecular weight is 427 g/mol. The Morgan fingerprint density at radius 2 is 1.61 bits per heavy atom. The zero-order chi connectivity index (χ0) is 22.8. The van der Waals surface area contributed by atoms with Gasteiger partial charge in [-0.25, -0.2) is 0 Å². The number of likely N-dealkylation sites (N-methyl/N-ethyl adjacent to an activating group) is 2. The van der Waals surface area contributed by atoms with Crippen molar-refractivity contribution in [1.82, 2.24) is 9.80 Å². The van der Waals surface area contributed by atoms with Crippen molar-refractivity contribution < 1.29 is 19.1 Å². The Balaban J connectivity index is 1.86. The number of carbonyl (C=O) groups is 3. The van der Waals surface area contributed by atoms with Crippen molar-refractivity contribution >= 4 is 29.1 Å². The van der Waals surface area contributed by atoms with Crippen LogP contribution < -0.4 is 15.4 Å². The number of rotatable bonds is 10. The maximum atomic E-state index is 12.6. The van der Waals surface area contributed by atoms with Gasteiger partial charge in [-0.3, -0.25) is 19.3 Å². The summed E-state index contributed by atoms with van der Waals surface area (Å²) in [5, 5.41) is 5.48. The van der Waals surface area contributed by atoms with E-state index in [2.05, 4.69) is 10.6 Å². The highest BCUT2D eigenvalue weighted by Crippen LogP contribution is 2.15. The Bertz CT molecular complexity index is 899. The second-order valence-corrected chi connectivity index (χ2v) is 7.21. The zero-order valence-corrected chi connectivity index (χ0v) is 18.5. The van der Waals surface area contributed by atoms with Crippen LogP contribution in [0.25, 0.3) is 0 Å². The molecule has 0 atom stereocenters. The molecule has 31 heavy (non-hydrogen) atoms. The first-order chi connectivity index (χ1) is 14.8. The first kappa shape index (κ1) is 23.9. The van der Waals surface area contributed by atoms with Gasteiger partial charge < -0.3 is 20.3 Å². The van der Waals surface area contributed by atoms with E-state index < -0.39 is 0 Å². The van der Waals surface area contributed by atoms with Crippen molar-refractivity contribution in [3.63, 3.8) is 0 Å². The molecule has 0 saturated carbocycles. The maximum Gasteiger partial charge on any atom is 0.238 e. The monoisotopic (exact) mass is 426 g/mol. The minimum atomic E-state index is -0.211. The van der Waals surface area contributed by atoms with E-state index in [0.717, 1.165) is 11.3 Å². The topological polar surface area (TPSA) is 91.0 Å². The quantitative estimate of drug-likeness (QED) is 0.609. The summed E-state index contributed by atoms with van der Waals surface area (Å²) in [6.07, 6.45) is 0. The Kier molecular flexibility index (Phi) is 9.02. The van der Waals surface area contributed by atoms with Gasteiger partial charge in [0.2, 0.25) is 17.7 Å². The third-order valence-corrected chi connectivity index (χ3v) is 4.64. The number of nitrogens with zero attached hydrogens (tertiary/aromatic N) is 2. The van der Waals surface area contributed by atoms with E-state index in [1.807, 2.05) is 31.2 Å². The number of hydrogen-bond donors (Lipinski definition) is 2. The predicted molar refractivity (Wildman–Crippen MR) is 121 cm³/mol. The van der Waals surface area contributed by atoms with Crippen LogP contribution in [0.5, 0.6) is 5.75 Å². The molecule has 8 heteroatoms. The number of ether oxygens (including phenoxy) is 1. The van der Waals surface area contributed by atoms with Crippen LogP contribution in [0.4, 0.5) is 11.4 Å². The van der Waals surface area contributed by atoms with Crippen molar-refractivity contribution in [2.24, 2.45) is 0 Å². The molecule has 0 bridgehead atoms. The molecule has 0 aliphatic rings. The number of nitrogens with one attached hydrogen (secondary N) is 2.